The van der Waals surface area contributed by atoms with Crippen LogP contribution >= 0.6 is 0 Å². The van der Waals surface area contributed by atoms with E-state index in [-0.39, 0.29) is 0 Å². The van der Waals surface area contributed by atoms with E-state index < -0.39 is 10.2 Å². The van der Waals surface area contributed by atoms with Gasteiger partial charge in [0.1, 0.15) is 0 Å². The molecule has 4 rings (SSSR count). The first-order chi connectivity index (χ1) is 15.3. The first-order valence-electron chi connectivity index (χ1n) is 10.7. The van der Waals surface area contributed by atoms with Gasteiger partial charge in [-0.1, -0.05) is 12.1 Å². The number of rotatable bonds is 7. The van der Waals surface area contributed by atoms with Crippen LogP contribution in [-0.4, -0.2) is 61.0 Å². The maximum absolute atomic E-state index is 12.5. The van der Waals surface area contributed by atoms with E-state index in [4.69, 9.17) is 5.84 Å². The van der Waals surface area contributed by atoms with E-state index in [1.54, 1.807) is 6.07 Å². The van der Waals surface area contributed by atoms with E-state index in [0.717, 1.165) is 68.9 Å². The fraction of sp³-hybridized carbons (Fsp3) is 0.409. The molecule has 1 atom stereocenters. The lowest BCUT2D eigenvalue weighted by atomic mass is 10.0. The highest BCUT2D eigenvalue weighted by Gasteiger charge is 2.25. The van der Waals surface area contributed by atoms with Gasteiger partial charge in [0, 0.05) is 44.3 Å². The molecular weight excluding hydrogens is 426 g/mol. The van der Waals surface area contributed by atoms with Gasteiger partial charge in [0.2, 0.25) is 0 Å². The van der Waals surface area contributed by atoms with Crippen molar-refractivity contribution in [3.05, 3.63) is 53.7 Å². The molecule has 0 amide bonds. The van der Waals surface area contributed by atoms with Crippen molar-refractivity contribution in [1.82, 2.24) is 19.4 Å². The summed E-state index contributed by atoms with van der Waals surface area (Å²) in [5.41, 5.74) is 4.57. The number of piperidine rings is 1. The molecule has 0 bridgehead atoms. The Balaban J connectivity index is 1.45. The van der Waals surface area contributed by atoms with Crippen LogP contribution in [0.1, 0.15) is 24.0 Å². The highest BCUT2D eigenvalue weighted by Crippen LogP contribution is 2.26. The Morgan fingerprint density at radius 2 is 2.09 bits per heavy atom. The van der Waals surface area contributed by atoms with Gasteiger partial charge < -0.3 is 5.32 Å². The lowest BCUT2D eigenvalue weighted by Gasteiger charge is -2.34. The minimum atomic E-state index is -3.74. The van der Waals surface area contributed by atoms with E-state index in [0.29, 0.717) is 11.7 Å². The largest absolute Gasteiger partial charge is 0.381 e. The molecular formula is C22H31N7O2S. The van der Waals surface area contributed by atoms with E-state index in [2.05, 4.69) is 32.5 Å². The van der Waals surface area contributed by atoms with Crippen LogP contribution in [0.25, 0.3) is 10.9 Å². The van der Waals surface area contributed by atoms with Crippen molar-refractivity contribution in [2.24, 2.45) is 5.84 Å². The van der Waals surface area contributed by atoms with Gasteiger partial charge in [-0.05, 0) is 61.7 Å². The molecule has 0 aliphatic carbocycles. The lowest BCUT2D eigenvalue weighted by molar-refractivity contribution is 0.208. The van der Waals surface area contributed by atoms with Gasteiger partial charge in [-0.2, -0.15) is 22.2 Å². The zero-order chi connectivity index (χ0) is 22.9. The molecule has 4 N–H and O–H groups in total. The van der Waals surface area contributed by atoms with Crippen LogP contribution < -0.4 is 15.6 Å². The van der Waals surface area contributed by atoms with Crippen LogP contribution in [0.15, 0.2) is 42.6 Å². The number of benzene rings is 2. The van der Waals surface area contributed by atoms with Gasteiger partial charge in [-0.25, -0.2) is 5.84 Å². The number of H-pyrrole nitrogens is 1. The zero-order valence-electron chi connectivity index (χ0n) is 18.7. The molecule has 3 aromatic rings. The van der Waals surface area contributed by atoms with Gasteiger partial charge in [0.25, 0.3) is 0 Å². The van der Waals surface area contributed by atoms with E-state index in [1.165, 1.54) is 14.1 Å². The standard InChI is InChI=1S/C22H31N7O2S/c1-16-17(6-4-8-22(16)29(23)32(30,31)27(2)3)14-28-11-5-7-20(15-28)25-19-9-10-21-18(12-19)13-24-26-21/h4,6,8-10,12-13,20,25H,5,7,11,14-15,23H2,1-3H3,(H,24,26)/t20-/m0/s1. The first kappa shape index (κ1) is 22.5. The van der Waals surface area contributed by atoms with E-state index in [1.807, 2.05) is 31.3 Å². The van der Waals surface area contributed by atoms with Crippen molar-refractivity contribution in [1.29, 1.82) is 0 Å². The van der Waals surface area contributed by atoms with Crippen LogP contribution in [0.3, 0.4) is 0 Å². The molecule has 1 aromatic heterocycles. The smallest absolute Gasteiger partial charge is 0.316 e. The Kier molecular flexibility index (Phi) is 6.38. The third-order valence-corrected chi connectivity index (χ3v) is 7.69. The van der Waals surface area contributed by atoms with Crippen molar-refractivity contribution in [2.75, 3.05) is 36.9 Å². The van der Waals surface area contributed by atoms with Crippen molar-refractivity contribution >= 4 is 32.5 Å². The molecule has 10 heteroatoms. The van der Waals surface area contributed by atoms with Crippen LogP contribution in [-0.2, 0) is 16.8 Å². The molecule has 1 aliphatic heterocycles. The Morgan fingerprint density at radius 1 is 1.28 bits per heavy atom. The fourth-order valence-corrected chi connectivity index (χ4v) is 5.00. The Hall–Kier alpha value is -2.66. The monoisotopic (exact) mass is 457 g/mol. The lowest BCUT2D eigenvalue weighted by Crippen LogP contribution is -2.45. The third kappa shape index (κ3) is 4.58. The fourth-order valence-electron chi connectivity index (χ4n) is 4.21. The molecule has 0 unspecified atom stereocenters. The number of nitrogens with zero attached hydrogens (tertiary/aromatic N) is 4. The zero-order valence-corrected chi connectivity index (χ0v) is 19.6. The Morgan fingerprint density at radius 3 is 2.88 bits per heavy atom. The molecule has 1 aliphatic rings. The van der Waals surface area contributed by atoms with Crippen molar-refractivity contribution in [3.8, 4) is 0 Å². The summed E-state index contributed by atoms with van der Waals surface area (Å²) < 4.78 is 26.9. The summed E-state index contributed by atoms with van der Waals surface area (Å²) in [5, 5.41) is 11.8. The minimum Gasteiger partial charge on any atom is -0.381 e. The SMILES string of the molecule is Cc1c(CN2CCC[C@H](Nc3ccc4[nH]ncc4c3)C2)cccc1N(N)S(=O)(=O)N(C)C. The summed E-state index contributed by atoms with van der Waals surface area (Å²) in [6.45, 7) is 4.59. The number of aromatic amines is 1. The highest BCUT2D eigenvalue weighted by molar-refractivity contribution is 7.90. The summed E-state index contributed by atoms with van der Waals surface area (Å²) >= 11 is 0. The predicted octanol–water partition coefficient (Wildman–Crippen LogP) is 2.43. The van der Waals surface area contributed by atoms with Gasteiger partial charge in [0.05, 0.1) is 17.4 Å². The van der Waals surface area contributed by atoms with Crippen LogP contribution in [0.4, 0.5) is 11.4 Å². The second-order valence-electron chi connectivity index (χ2n) is 8.54. The van der Waals surface area contributed by atoms with E-state index in [9.17, 15) is 8.42 Å². The van der Waals surface area contributed by atoms with Crippen LogP contribution in [0, 0.1) is 6.92 Å². The summed E-state index contributed by atoms with van der Waals surface area (Å²) in [5.74, 6) is 5.99. The van der Waals surface area contributed by atoms with Crippen molar-refractivity contribution in [3.63, 3.8) is 0 Å². The molecule has 1 fully saturated rings. The van der Waals surface area contributed by atoms with Crippen LogP contribution in [0.2, 0.25) is 0 Å². The maximum atomic E-state index is 12.5. The Bertz CT molecular complexity index is 1190. The highest BCUT2D eigenvalue weighted by atomic mass is 32.2. The summed E-state index contributed by atoms with van der Waals surface area (Å²) in [4.78, 5) is 2.41. The maximum Gasteiger partial charge on any atom is 0.316 e. The number of likely N-dealkylation sites (tertiary alicyclic amines) is 1. The molecule has 1 saturated heterocycles. The second-order valence-corrected chi connectivity index (χ2v) is 10.6. The number of fused-ring (bicyclic) bond motifs is 1. The normalized spacial score (nSPS) is 17.7. The number of hydrogen-bond acceptors (Lipinski definition) is 6. The first-order valence-corrected chi connectivity index (χ1v) is 12.1. The van der Waals surface area contributed by atoms with Gasteiger partial charge in [0.15, 0.2) is 0 Å². The van der Waals surface area contributed by atoms with Gasteiger partial charge in [-0.3, -0.25) is 10.00 Å². The minimum absolute atomic E-state index is 0.344. The number of anilines is 2. The molecule has 9 nitrogen and oxygen atoms in total. The number of nitrogens with two attached hydrogens (primary N) is 1. The molecule has 2 heterocycles. The van der Waals surface area contributed by atoms with Crippen molar-refractivity contribution < 1.29 is 8.42 Å². The van der Waals surface area contributed by atoms with Crippen molar-refractivity contribution in [2.45, 2.75) is 32.4 Å². The number of hydrogen-bond donors (Lipinski definition) is 3. The summed E-state index contributed by atoms with van der Waals surface area (Å²) in [6, 6.07) is 12.2. The molecule has 2 aromatic carbocycles. The summed E-state index contributed by atoms with van der Waals surface area (Å²) in [6.07, 6.45) is 4.04. The average molecular weight is 458 g/mol. The number of aromatic nitrogens is 2. The molecule has 32 heavy (non-hydrogen) atoms. The quantitative estimate of drug-likeness (QED) is 0.371. The van der Waals surface area contributed by atoms with Gasteiger partial charge >= 0.3 is 10.2 Å². The average Bonchev–Trinajstić information content (AvgIpc) is 3.23. The summed E-state index contributed by atoms with van der Waals surface area (Å²) in [7, 11) is -0.799. The predicted molar refractivity (Wildman–Crippen MR) is 128 cm³/mol. The molecule has 172 valence electrons. The molecule has 0 saturated carbocycles. The van der Waals surface area contributed by atoms with E-state index >= 15 is 0 Å². The topological polar surface area (TPSA) is 111 Å². The third-order valence-electron chi connectivity index (χ3n) is 6.08. The number of hydrazine groups is 1. The Labute approximate surface area is 189 Å². The second kappa shape index (κ2) is 9.07. The molecule has 0 radical (unpaired) electrons. The molecule has 0 spiro atoms. The number of nitrogens with one attached hydrogen (secondary N) is 2. The van der Waals surface area contributed by atoms with Crippen LogP contribution in [0.5, 0.6) is 0 Å². The van der Waals surface area contributed by atoms with Gasteiger partial charge in [-0.15, -0.1) is 0 Å².